The van der Waals surface area contributed by atoms with E-state index in [1.807, 2.05) is 0 Å². The number of hydrogen-bond donors (Lipinski definition) is 4. The number of nitrogens with one attached hydrogen (secondary N) is 1. The molecule has 0 aromatic carbocycles. The zero-order valence-corrected chi connectivity index (χ0v) is 9.74. The van der Waals surface area contributed by atoms with Crippen LogP contribution < -0.4 is 5.32 Å². The van der Waals surface area contributed by atoms with Gasteiger partial charge in [-0.25, -0.2) is 4.21 Å². The Bertz CT molecular complexity index is 191. The molecule has 4 N–H and O–H groups in total. The monoisotopic (exact) mass is 256 g/mol. The number of aliphatic hydroxyl groups is 3. The smallest absolute Gasteiger partial charge is 0.0842 e. The van der Waals surface area contributed by atoms with E-state index in [-0.39, 0.29) is 33.0 Å². The summed E-state index contributed by atoms with van der Waals surface area (Å²) in [5, 5.41) is 29.8. The first-order valence-electron chi connectivity index (χ1n) is 4.86. The maximum atomic E-state index is 9.99. The van der Waals surface area contributed by atoms with Crippen molar-refractivity contribution in [3.05, 3.63) is 0 Å². The number of hydrogen-bond acceptors (Lipinski definition) is 7. The fourth-order valence-corrected chi connectivity index (χ4v) is 1.25. The first-order chi connectivity index (χ1) is 7.60. The molecule has 8 heteroatoms. The Morgan fingerprint density at radius 1 is 1.25 bits per heavy atom. The molecule has 1 unspecified atom stereocenters. The first kappa shape index (κ1) is 15.9. The predicted molar refractivity (Wildman–Crippen MR) is 56.0 cm³/mol. The molecule has 16 heavy (non-hydrogen) atoms. The molecule has 0 rings (SSSR count). The molecule has 0 bridgehead atoms. The molecule has 0 fully saturated rings. The summed E-state index contributed by atoms with van der Waals surface area (Å²) in [5.74, 6) is 0. The van der Waals surface area contributed by atoms with E-state index in [0.717, 1.165) is 0 Å². The Kier molecular flexibility index (Phi) is 8.94. The van der Waals surface area contributed by atoms with Crippen molar-refractivity contribution < 1.29 is 28.3 Å². The van der Waals surface area contributed by atoms with Crippen LogP contribution in [0.1, 0.15) is 6.42 Å². The van der Waals surface area contributed by atoms with Crippen molar-refractivity contribution in [3.63, 3.8) is 0 Å². The minimum atomic E-state index is -2.49. The average Bonchev–Trinajstić information content (AvgIpc) is 2.29. The van der Waals surface area contributed by atoms with Gasteiger partial charge in [0.1, 0.15) is 0 Å². The lowest BCUT2D eigenvalue weighted by Gasteiger charge is -2.27. The molecule has 7 nitrogen and oxygen atoms in total. The summed E-state index contributed by atoms with van der Waals surface area (Å²) in [5.41, 5.74) is -0.942. The van der Waals surface area contributed by atoms with E-state index in [9.17, 15) is 8.76 Å². The quantitative estimate of drug-likeness (QED) is 0.257. The summed E-state index contributed by atoms with van der Waals surface area (Å²) in [6.07, 6.45) is 0.479. The van der Waals surface area contributed by atoms with Crippen LogP contribution in [0.3, 0.4) is 0 Å². The van der Waals surface area contributed by atoms with Crippen LogP contribution in [0.25, 0.3) is 0 Å². The lowest BCUT2D eigenvalue weighted by Crippen LogP contribution is -2.43. The largest absolute Gasteiger partial charge is 0.750 e. The number of aliphatic hydroxyl groups excluding tert-OH is 3. The van der Waals surface area contributed by atoms with Crippen molar-refractivity contribution in [2.24, 2.45) is 5.41 Å². The zero-order valence-electron chi connectivity index (χ0n) is 8.92. The van der Waals surface area contributed by atoms with Gasteiger partial charge in [0.25, 0.3) is 0 Å². The van der Waals surface area contributed by atoms with Crippen molar-refractivity contribution in [1.82, 2.24) is 5.32 Å². The molecule has 0 aliphatic rings. The standard InChI is InChI=1S/C8H19NO6S/c10-5-8(6-11,7-12)4-9-2-1-3-15-16(13)14/h9-12H,1-7H2,(H,13,14)/p-1. The van der Waals surface area contributed by atoms with Crippen LogP contribution in [0.15, 0.2) is 0 Å². The predicted octanol–water partition coefficient (Wildman–Crippen LogP) is -2.26. The lowest BCUT2D eigenvalue weighted by molar-refractivity contribution is 0.00643. The van der Waals surface area contributed by atoms with Crippen LogP contribution in [-0.4, -0.2) is 63.6 Å². The van der Waals surface area contributed by atoms with Gasteiger partial charge in [-0.05, 0) is 13.0 Å². The second-order valence-electron chi connectivity index (χ2n) is 3.53. The second-order valence-corrected chi connectivity index (χ2v) is 4.17. The van der Waals surface area contributed by atoms with Gasteiger partial charge in [-0.3, -0.25) is 0 Å². The molecule has 1 atom stereocenters. The third-order valence-corrected chi connectivity index (χ3v) is 2.54. The van der Waals surface area contributed by atoms with Gasteiger partial charge in [-0.1, -0.05) is 0 Å². The SMILES string of the molecule is O=S([O-])OCCCNCC(CO)(CO)CO. The van der Waals surface area contributed by atoms with Gasteiger partial charge in [0.2, 0.25) is 0 Å². The molecule has 0 aromatic rings. The second kappa shape index (κ2) is 8.99. The summed E-state index contributed by atoms with van der Waals surface area (Å²) < 4.78 is 24.3. The zero-order chi connectivity index (χ0) is 12.4. The average molecular weight is 256 g/mol. The maximum absolute atomic E-state index is 9.99. The van der Waals surface area contributed by atoms with E-state index >= 15 is 0 Å². The molecule has 0 saturated heterocycles. The first-order valence-corrected chi connectivity index (χ1v) is 5.86. The van der Waals surface area contributed by atoms with E-state index in [4.69, 9.17) is 15.3 Å². The molecule has 0 heterocycles. The summed E-state index contributed by atoms with van der Waals surface area (Å²) in [6, 6.07) is 0. The third kappa shape index (κ3) is 6.48. The van der Waals surface area contributed by atoms with Crippen molar-refractivity contribution in [1.29, 1.82) is 0 Å². The highest BCUT2D eigenvalue weighted by Gasteiger charge is 2.27. The lowest BCUT2D eigenvalue weighted by atomic mass is 9.91. The molecule has 0 saturated carbocycles. The molecule has 0 aliphatic carbocycles. The summed E-state index contributed by atoms with van der Waals surface area (Å²) in [4.78, 5) is 0. The number of rotatable bonds is 10. The molecule has 98 valence electrons. The maximum Gasteiger partial charge on any atom is 0.0842 e. The molecular formula is C8H18NO6S-. The van der Waals surface area contributed by atoms with Gasteiger partial charge in [0.05, 0.1) is 43.2 Å². The van der Waals surface area contributed by atoms with Crippen molar-refractivity contribution >= 4 is 11.4 Å². The molecular weight excluding hydrogens is 238 g/mol. The third-order valence-electron chi connectivity index (χ3n) is 2.18. The van der Waals surface area contributed by atoms with Gasteiger partial charge in [0, 0.05) is 6.54 Å². The van der Waals surface area contributed by atoms with Gasteiger partial charge in [0.15, 0.2) is 0 Å². The summed E-state index contributed by atoms with van der Waals surface area (Å²) in [7, 11) is 0. The van der Waals surface area contributed by atoms with Gasteiger partial charge >= 0.3 is 0 Å². The van der Waals surface area contributed by atoms with Crippen LogP contribution in [0.2, 0.25) is 0 Å². The van der Waals surface area contributed by atoms with Crippen LogP contribution >= 0.6 is 0 Å². The van der Waals surface area contributed by atoms with Gasteiger partial charge < -0.3 is 29.4 Å². The Balaban J connectivity index is 3.59. The van der Waals surface area contributed by atoms with Gasteiger partial charge in [-0.15, -0.1) is 0 Å². The molecule has 0 spiro atoms. The Morgan fingerprint density at radius 2 is 1.81 bits per heavy atom. The van der Waals surface area contributed by atoms with Crippen molar-refractivity contribution in [2.45, 2.75) is 6.42 Å². The van der Waals surface area contributed by atoms with E-state index in [0.29, 0.717) is 13.0 Å². The highest BCUT2D eigenvalue weighted by Crippen LogP contribution is 2.12. The topological polar surface area (TPSA) is 122 Å². The van der Waals surface area contributed by atoms with E-state index in [2.05, 4.69) is 9.50 Å². The fourth-order valence-electron chi connectivity index (χ4n) is 0.995. The van der Waals surface area contributed by atoms with E-state index in [1.165, 1.54) is 0 Å². The molecule has 0 aliphatic heterocycles. The highest BCUT2D eigenvalue weighted by atomic mass is 32.2. The minimum absolute atomic E-state index is 0.0769. The van der Waals surface area contributed by atoms with E-state index in [1.54, 1.807) is 0 Å². The van der Waals surface area contributed by atoms with Crippen LogP contribution in [0, 0.1) is 5.41 Å². The van der Waals surface area contributed by atoms with Gasteiger partial charge in [-0.2, -0.15) is 0 Å². The molecule has 0 radical (unpaired) electrons. The Morgan fingerprint density at radius 3 is 2.25 bits per heavy atom. The van der Waals surface area contributed by atoms with Crippen molar-refractivity contribution in [2.75, 3.05) is 39.5 Å². The minimum Gasteiger partial charge on any atom is -0.750 e. The van der Waals surface area contributed by atoms with Crippen LogP contribution in [0.5, 0.6) is 0 Å². The highest BCUT2D eigenvalue weighted by molar-refractivity contribution is 7.74. The molecule has 0 aromatic heterocycles. The van der Waals surface area contributed by atoms with Crippen molar-refractivity contribution in [3.8, 4) is 0 Å². The van der Waals surface area contributed by atoms with E-state index < -0.39 is 16.8 Å². The normalized spacial score (nSPS) is 14.0. The Hall–Kier alpha value is -0.0900. The Labute approximate surface area is 96.9 Å². The fraction of sp³-hybridized carbons (Fsp3) is 1.00. The van der Waals surface area contributed by atoms with Crippen LogP contribution in [0.4, 0.5) is 0 Å². The summed E-state index contributed by atoms with van der Waals surface area (Å²) in [6.45, 7) is -0.181. The van der Waals surface area contributed by atoms with Crippen LogP contribution in [-0.2, 0) is 15.5 Å². The molecule has 0 amide bonds. The summed E-state index contributed by atoms with van der Waals surface area (Å²) >= 11 is -2.49.